The van der Waals surface area contributed by atoms with Crippen LogP contribution in [0.15, 0.2) is 35.8 Å². The van der Waals surface area contributed by atoms with E-state index in [0.717, 1.165) is 12.2 Å². The van der Waals surface area contributed by atoms with Gasteiger partial charge in [-0.1, -0.05) is 12.1 Å². The molecule has 0 aliphatic rings. The van der Waals surface area contributed by atoms with Gasteiger partial charge in [0.2, 0.25) is 0 Å². The second-order valence-electron chi connectivity index (χ2n) is 5.17. The van der Waals surface area contributed by atoms with E-state index in [-0.39, 0.29) is 0 Å². The zero-order valence-electron chi connectivity index (χ0n) is 12.6. The molecule has 2 aromatic rings. The first-order valence-corrected chi connectivity index (χ1v) is 7.88. The Morgan fingerprint density at radius 2 is 2.10 bits per heavy atom. The fraction of sp³-hybridized carbons (Fsp3) is 0.438. The molecule has 108 valence electrons. The fourth-order valence-electron chi connectivity index (χ4n) is 2.26. The number of thiophene rings is 1. The highest BCUT2D eigenvalue weighted by Gasteiger charge is 2.17. The lowest BCUT2D eigenvalue weighted by Crippen LogP contribution is -2.33. The summed E-state index contributed by atoms with van der Waals surface area (Å²) in [7, 11) is 4.11. The van der Waals surface area contributed by atoms with Crippen LogP contribution in [0.2, 0.25) is 0 Å². The number of rotatable bonds is 6. The van der Waals surface area contributed by atoms with E-state index in [1.165, 1.54) is 10.4 Å². The summed E-state index contributed by atoms with van der Waals surface area (Å²) < 4.78 is 0. The van der Waals surface area contributed by atoms with Crippen LogP contribution in [0.3, 0.4) is 0 Å². The van der Waals surface area contributed by atoms with Gasteiger partial charge in [0.15, 0.2) is 0 Å². The van der Waals surface area contributed by atoms with Gasteiger partial charge in [0.05, 0.1) is 0 Å². The Balaban J connectivity index is 2.17. The van der Waals surface area contributed by atoms with Crippen molar-refractivity contribution in [2.75, 3.05) is 19.0 Å². The SMILES string of the molecule is CNC(C)c1cccnc1N(C)C(C)Cc1cccs1. The zero-order valence-corrected chi connectivity index (χ0v) is 13.4. The number of hydrogen-bond acceptors (Lipinski definition) is 4. The van der Waals surface area contributed by atoms with Gasteiger partial charge < -0.3 is 10.2 Å². The Morgan fingerprint density at radius 1 is 1.30 bits per heavy atom. The molecular weight excluding hydrogens is 266 g/mol. The van der Waals surface area contributed by atoms with Gasteiger partial charge in [0, 0.05) is 42.2 Å². The highest BCUT2D eigenvalue weighted by Crippen LogP contribution is 2.25. The molecule has 2 unspecified atom stereocenters. The molecule has 1 N–H and O–H groups in total. The first-order chi connectivity index (χ1) is 9.63. The summed E-state index contributed by atoms with van der Waals surface area (Å²) >= 11 is 1.82. The number of pyridine rings is 1. The van der Waals surface area contributed by atoms with Crippen molar-refractivity contribution in [1.29, 1.82) is 0 Å². The molecule has 0 amide bonds. The highest BCUT2D eigenvalue weighted by atomic mass is 32.1. The average Bonchev–Trinajstić information content (AvgIpc) is 2.98. The predicted octanol–water partition coefficient (Wildman–Crippen LogP) is 3.49. The standard InChI is InChI=1S/C16H23N3S/c1-12(11-14-7-6-10-20-14)19(4)16-15(13(2)17-3)8-5-9-18-16/h5-10,12-13,17H,11H2,1-4H3. The van der Waals surface area contributed by atoms with Crippen molar-refractivity contribution >= 4 is 17.2 Å². The second-order valence-corrected chi connectivity index (χ2v) is 6.20. The van der Waals surface area contributed by atoms with Crippen LogP contribution < -0.4 is 10.2 Å². The van der Waals surface area contributed by atoms with Gasteiger partial charge in [-0.15, -0.1) is 11.3 Å². The number of anilines is 1. The van der Waals surface area contributed by atoms with E-state index in [9.17, 15) is 0 Å². The molecule has 0 bridgehead atoms. The minimum Gasteiger partial charge on any atom is -0.356 e. The van der Waals surface area contributed by atoms with Gasteiger partial charge in [-0.3, -0.25) is 0 Å². The predicted molar refractivity (Wildman–Crippen MR) is 87.6 cm³/mol. The maximum absolute atomic E-state index is 4.59. The van der Waals surface area contributed by atoms with E-state index in [4.69, 9.17) is 0 Å². The van der Waals surface area contributed by atoms with Gasteiger partial charge in [0.25, 0.3) is 0 Å². The molecule has 0 radical (unpaired) electrons. The van der Waals surface area contributed by atoms with Crippen molar-refractivity contribution in [3.05, 3.63) is 46.3 Å². The lowest BCUT2D eigenvalue weighted by atomic mass is 10.1. The molecule has 0 saturated carbocycles. The molecule has 20 heavy (non-hydrogen) atoms. The molecule has 0 aliphatic carbocycles. The Hall–Kier alpha value is -1.39. The molecule has 2 aromatic heterocycles. The third-order valence-electron chi connectivity index (χ3n) is 3.79. The third-order valence-corrected chi connectivity index (χ3v) is 4.69. The number of likely N-dealkylation sites (N-methyl/N-ethyl adjacent to an activating group) is 1. The van der Waals surface area contributed by atoms with Crippen LogP contribution >= 0.6 is 11.3 Å². The molecule has 4 heteroatoms. The van der Waals surface area contributed by atoms with E-state index in [1.807, 2.05) is 30.6 Å². The van der Waals surface area contributed by atoms with Crippen LogP contribution in [0.25, 0.3) is 0 Å². The highest BCUT2D eigenvalue weighted by molar-refractivity contribution is 7.09. The van der Waals surface area contributed by atoms with E-state index in [1.54, 1.807) is 0 Å². The number of nitrogens with zero attached hydrogens (tertiary/aromatic N) is 2. The van der Waals surface area contributed by atoms with Crippen molar-refractivity contribution in [2.24, 2.45) is 0 Å². The van der Waals surface area contributed by atoms with Gasteiger partial charge in [-0.25, -0.2) is 4.98 Å². The molecule has 0 aromatic carbocycles. The minimum atomic E-state index is 0.301. The minimum absolute atomic E-state index is 0.301. The Labute approximate surface area is 125 Å². The van der Waals surface area contributed by atoms with E-state index < -0.39 is 0 Å². The Morgan fingerprint density at radius 3 is 2.75 bits per heavy atom. The Kier molecular flexibility index (Phi) is 5.15. The second kappa shape index (κ2) is 6.86. The van der Waals surface area contributed by atoms with E-state index in [0.29, 0.717) is 12.1 Å². The van der Waals surface area contributed by atoms with E-state index in [2.05, 4.69) is 59.7 Å². The molecule has 0 aliphatic heterocycles. The van der Waals surface area contributed by atoms with Crippen LogP contribution in [0.5, 0.6) is 0 Å². The number of hydrogen-bond donors (Lipinski definition) is 1. The fourth-order valence-corrected chi connectivity index (χ4v) is 3.09. The summed E-state index contributed by atoms with van der Waals surface area (Å²) in [5, 5.41) is 5.43. The van der Waals surface area contributed by atoms with Crippen LogP contribution in [0.4, 0.5) is 5.82 Å². The zero-order chi connectivity index (χ0) is 14.5. The topological polar surface area (TPSA) is 28.2 Å². The first-order valence-electron chi connectivity index (χ1n) is 7.01. The smallest absolute Gasteiger partial charge is 0.133 e. The summed E-state index contributed by atoms with van der Waals surface area (Å²) in [5.74, 6) is 1.07. The third kappa shape index (κ3) is 3.38. The van der Waals surface area contributed by atoms with Crippen molar-refractivity contribution in [2.45, 2.75) is 32.4 Å². The summed E-state index contributed by atoms with van der Waals surface area (Å²) in [4.78, 5) is 8.29. The Bertz CT molecular complexity index is 524. The van der Waals surface area contributed by atoms with Gasteiger partial charge >= 0.3 is 0 Å². The molecular formula is C16H23N3S. The molecule has 2 rings (SSSR count). The van der Waals surface area contributed by atoms with Crippen LogP contribution in [-0.2, 0) is 6.42 Å². The van der Waals surface area contributed by atoms with E-state index >= 15 is 0 Å². The lowest BCUT2D eigenvalue weighted by Gasteiger charge is -2.29. The maximum atomic E-state index is 4.59. The van der Waals surface area contributed by atoms with Crippen molar-refractivity contribution < 1.29 is 0 Å². The van der Waals surface area contributed by atoms with Crippen molar-refractivity contribution in [1.82, 2.24) is 10.3 Å². The van der Waals surface area contributed by atoms with Crippen LogP contribution in [-0.4, -0.2) is 25.1 Å². The number of nitrogens with one attached hydrogen (secondary N) is 1. The van der Waals surface area contributed by atoms with Gasteiger partial charge in [0.1, 0.15) is 5.82 Å². The maximum Gasteiger partial charge on any atom is 0.133 e. The summed E-state index contributed by atoms with van der Waals surface area (Å²) in [6.45, 7) is 4.42. The lowest BCUT2D eigenvalue weighted by molar-refractivity contribution is 0.629. The summed E-state index contributed by atoms with van der Waals surface area (Å²) in [5.41, 5.74) is 1.25. The monoisotopic (exact) mass is 289 g/mol. The largest absolute Gasteiger partial charge is 0.356 e. The van der Waals surface area contributed by atoms with Gasteiger partial charge in [-0.2, -0.15) is 0 Å². The molecule has 0 saturated heterocycles. The van der Waals surface area contributed by atoms with Crippen LogP contribution in [0.1, 0.15) is 30.3 Å². The van der Waals surface area contributed by atoms with Crippen LogP contribution in [0, 0.1) is 0 Å². The van der Waals surface area contributed by atoms with Gasteiger partial charge in [-0.05, 0) is 38.4 Å². The van der Waals surface area contributed by atoms with Crippen molar-refractivity contribution in [3.63, 3.8) is 0 Å². The normalized spacial score (nSPS) is 14.0. The average molecular weight is 289 g/mol. The molecule has 2 heterocycles. The molecule has 2 atom stereocenters. The number of aromatic nitrogens is 1. The first kappa shape index (κ1) is 15.0. The van der Waals surface area contributed by atoms with Crippen molar-refractivity contribution in [3.8, 4) is 0 Å². The molecule has 0 spiro atoms. The summed E-state index contributed by atoms with van der Waals surface area (Å²) in [6.07, 6.45) is 2.92. The quantitative estimate of drug-likeness (QED) is 0.882. The summed E-state index contributed by atoms with van der Waals surface area (Å²) in [6, 6.07) is 9.19. The molecule has 0 fully saturated rings. The molecule has 3 nitrogen and oxygen atoms in total.